The van der Waals surface area contributed by atoms with Crippen LogP contribution in [0.4, 0.5) is 0 Å². The molecule has 2 unspecified atom stereocenters. The lowest BCUT2D eigenvalue weighted by Gasteiger charge is -2.31. The molecule has 0 bridgehead atoms. The molecular weight excluding hydrogens is 268 g/mol. The van der Waals surface area contributed by atoms with Gasteiger partial charge in [-0.2, -0.15) is 0 Å². The minimum absolute atomic E-state index is 0.363. The Labute approximate surface area is 127 Å². The van der Waals surface area contributed by atoms with E-state index in [9.17, 15) is 0 Å². The standard InChI is InChI=1S/C18H23ClO/c1-14-11-15(2)13-18(12-14)20-17-8-6-16(7-9-17)5-3-4-10-19/h6-9,14-15,18H,4,10-13H2,1-2H3. The van der Waals surface area contributed by atoms with Gasteiger partial charge in [-0.15, -0.1) is 11.6 Å². The Hall–Kier alpha value is -1.13. The smallest absolute Gasteiger partial charge is 0.119 e. The Morgan fingerprint density at radius 1 is 1.10 bits per heavy atom. The topological polar surface area (TPSA) is 9.23 Å². The Morgan fingerprint density at radius 2 is 1.75 bits per heavy atom. The lowest BCUT2D eigenvalue weighted by molar-refractivity contribution is 0.101. The number of alkyl halides is 1. The molecule has 1 aromatic carbocycles. The average Bonchev–Trinajstić information content (AvgIpc) is 2.40. The number of ether oxygens (including phenoxy) is 1. The van der Waals surface area contributed by atoms with Crippen LogP contribution in [0.15, 0.2) is 24.3 Å². The van der Waals surface area contributed by atoms with Gasteiger partial charge in [-0.25, -0.2) is 0 Å². The second-order valence-corrected chi connectivity index (χ2v) is 6.30. The Kier molecular flexibility index (Phi) is 5.80. The number of rotatable bonds is 3. The highest BCUT2D eigenvalue weighted by Crippen LogP contribution is 2.31. The van der Waals surface area contributed by atoms with Crippen LogP contribution in [0.5, 0.6) is 5.75 Å². The van der Waals surface area contributed by atoms with Gasteiger partial charge in [0.15, 0.2) is 0 Å². The molecule has 0 amide bonds. The van der Waals surface area contributed by atoms with E-state index in [1.165, 1.54) is 19.3 Å². The maximum atomic E-state index is 6.11. The molecule has 108 valence electrons. The molecule has 0 aromatic heterocycles. The van der Waals surface area contributed by atoms with Crippen molar-refractivity contribution in [2.75, 3.05) is 5.88 Å². The van der Waals surface area contributed by atoms with E-state index in [2.05, 4.69) is 25.7 Å². The van der Waals surface area contributed by atoms with E-state index < -0.39 is 0 Å². The highest BCUT2D eigenvalue weighted by Gasteiger charge is 2.25. The van der Waals surface area contributed by atoms with E-state index >= 15 is 0 Å². The molecule has 0 saturated heterocycles. The molecule has 0 N–H and O–H groups in total. The second kappa shape index (κ2) is 7.60. The molecule has 1 fully saturated rings. The molecule has 2 atom stereocenters. The summed E-state index contributed by atoms with van der Waals surface area (Å²) in [5.41, 5.74) is 1.02. The summed E-state index contributed by atoms with van der Waals surface area (Å²) in [5.74, 6) is 9.22. The van der Waals surface area contributed by atoms with Crippen molar-refractivity contribution in [1.82, 2.24) is 0 Å². The fourth-order valence-corrected chi connectivity index (χ4v) is 3.08. The molecule has 20 heavy (non-hydrogen) atoms. The largest absolute Gasteiger partial charge is 0.490 e. The number of benzene rings is 1. The molecule has 1 aliphatic rings. The predicted molar refractivity (Wildman–Crippen MR) is 85.3 cm³/mol. The SMILES string of the molecule is CC1CC(C)CC(Oc2ccc(C#CCCCl)cc2)C1. The van der Waals surface area contributed by atoms with E-state index in [1.54, 1.807) is 0 Å². The van der Waals surface area contributed by atoms with Gasteiger partial charge in [-0.3, -0.25) is 0 Å². The third-order valence-electron chi connectivity index (χ3n) is 3.74. The first-order valence-electron chi connectivity index (χ1n) is 7.49. The summed E-state index contributed by atoms with van der Waals surface area (Å²) < 4.78 is 6.11. The van der Waals surface area contributed by atoms with Crippen molar-refractivity contribution in [3.63, 3.8) is 0 Å². The van der Waals surface area contributed by atoms with E-state index in [-0.39, 0.29) is 0 Å². The van der Waals surface area contributed by atoms with Crippen LogP contribution < -0.4 is 4.74 Å². The van der Waals surface area contributed by atoms with Crippen LogP contribution >= 0.6 is 11.6 Å². The summed E-state index contributed by atoms with van der Waals surface area (Å²) in [6.07, 6.45) is 4.76. The zero-order valence-electron chi connectivity index (χ0n) is 12.4. The highest BCUT2D eigenvalue weighted by molar-refractivity contribution is 6.18. The van der Waals surface area contributed by atoms with Gasteiger partial charge in [0.1, 0.15) is 5.75 Å². The van der Waals surface area contributed by atoms with Crippen molar-refractivity contribution in [1.29, 1.82) is 0 Å². The molecule has 2 heteroatoms. The molecule has 1 aromatic rings. The third kappa shape index (κ3) is 4.76. The van der Waals surface area contributed by atoms with Gasteiger partial charge in [0.05, 0.1) is 6.10 Å². The van der Waals surface area contributed by atoms with Crippen LogP contribution in [-0.2, 0) is 0 Å². The van der Waals surface area contributed by atoms with Crippen LogP contribution in [0.3, 0.4) is 0 Å². The molecule has 1 nitrogen and oxygen atoms in total. The van der Waals surface area contributed by atoms with Gasteiger partial charge in [0.2, 0.25) is 0 Å². The van der Waals surface area contributed by atoms with Crippen molar-refractivity contribution in [3.8, 4) is 17.6 Å². The van der Waals surface area contributed by atoms with Gasteiger partial charge in [0.25, 0.3) is 0 Å². The Morgan fingerprint density at radius 3 is 2.35 bits per heavy atom. The molecular formula is C18H23ClO. The van der Waals surface area contributed by atoms with E-state index in [0.29, 0.717) is 12.0 Å². The first kappa shape index (κ1) is 15.3. The fourth-order valence-electron chi connectivity index (χ4n) is 2.99. The maximum Gasteiger partial charge on any atom is 0.119 e. The molecule has 0 heterocycles. The van der Waals surface area contributed by atoms with Crippen molar-refractivity contribution in [3.05, 3.63) is 29.8 Å². The van der Waals surface area contributed by atoms with Gasteiger partial charge in [-0.1, -0.05) is 25.7 Å². The molecule has 0 radical (unpaired) electrons. The minimum Gasteiger partial charge on any atom is -0.490 e. The molecule has 0 spiro atoms. The van der Waals surface area contributed by atoms with Crippen LogP contribution in [0, 0.1) is 23.7 Å². The predicted octanol–water partition coefficient (Wildman–Crippen LogP) is 4.87. The number of halogens is 1. The monoisotopic (exact) mass is 290 g/mol. The van der Waals surface area contributed by atoms with Gasteiger partial charge in [0, 0.05) is 17.9 Å². The normalized spacial score (nSPS) is 25.6. The zero-order valence-corrected chi connectivity index (χ0v) is 13.1. The van der Waals surface area contributed by atoms with Gasteiger partial charge < -0.3 is 4.74 Å². The lowest BCUT2D eigenvalue weighted by Crippen LogP contribution is -2.28. The van der Waals surface area contributed by atoms with Gasteiger partial charge in [-0.05, 0) is 55.4 Å². The lowest BCUT2D eigenvalue weighted by atomic mass is 9.82. The number of hydrogen-bond donors (Lipinski definition) is 0. The van der Waals surface area contributed by atoms with E-state index in [4.69, 9.17) is 16.3 Å². The van der Waals surface area contributed by atoms with Crippen molar-refractivity contribution >= 4 is 11.6 Å². The highest BCUT2D eigenvalue weighted by atomic mass is 35.5. The fraction of sp³-hybridized carbons (Fsp3) is 0.556. The molecule has 0 aliphatic heterocycles. The molecule has 1 saturated carbocycles. The summed E-state index contributed by atoms with van der Waals surface area (Å²) in [6, 6.07) is 8.09. The van der Waals surface area contributed by atoms with Crippen molar-refractivity contribution in [2.45, 2.75) is 45.6 Å². The minimum atomic E-state index is 0.363. The average molecular weight is 291 g/mol. The summed E-state index contributed by atoms with van der Waals surface area (Å²) in [4.78, 5) is 0. The van der Waals surface area contributed by atoms with E-state index in [1.807, 2.05) is 24.3 Å². The summed E-state index contributed by atoms with van der Waals surface area (Å²) in [7, 11) is 0. The zero-order chi connectivity index (χ0) is 14.4. The van der Waals surface area contributed by atoms with Crippen LogP contribution in [0.2, 0.25) is 0 Å². The Bertz CT molecular complexity index is 458. The second-order valence-electron chi connectivity index (χ2n) is 5.92. The van der Waals surface area contributed by atoms with Gasteiger partial charge >= 0.3 is 0 Å². The maximum absolute atomic E-state index is 6.11. The summed E-state index contributed by atoms with van der Waals surface area (Å²) in [5, 5.41) is 0. The van der Waals surface area contributed by atoms with Crippen LogP contribution in [0.1, 0.15) is 45.1 Å². The van der Waals surface area contributed by atoms with Crippen molar-refractivity contribution < 1.29 is 4.74 Å². The molecule has 2 rings (SSSR count). The third-order valence-corrected chi connectivity index (χ3v) is 3.93. The first-order chi connectivity index (χ1) is 9.67. The quantitative estimate of drug-likeness (QED) is 0.570. The summed E-state index contributed by atoms with van der Waals surface area (Å²) >= 11 is 5.60. The van der Waals surface area contributed by atoms with Crippen LogP contribution in [0.25, 0.3) is 0 Å². The summed E-state index contributed by atoms with van der Waals surface area (Å²) in [6.45, 7) is 4.64. The van der Waals surface area contributed by atoms with Crippen LogP contribution in [-0.4, -0.2) is 12.0 Å². The molecule has 1 aliphatic carbocycles. The number of hydrogen-bond acceptors (Lipinski definition) is 1. The van der Waals surface area contributed by atoms with Crippen molar-refractivity contribution in [2.24, 2.45) is 11.8 Å². The van der Waals surface area contributed by atoms with E-state index in [0.717, 1.165) is 29.6 Å². The Balaban J connectivity index is 1.92. The first-order valence-corrected chi connectivity index (χ1v) is 8.02.